The SMILES string of the molecule is COCC(O)CN1CCC(NC(=O)c2sc3nc(C4CC4)nc(C)c3c2C)CC1. The van der Waals surface area contributed by atoms with Crippen LogP contribution in [0, 0.1) is 13.8 Å². The molecule has 2 aliphatic rings. The lowest BCUT2D eigenvalue weighted by Crippen LogP contribution is -2.46. The van der Waals surface area contributed by atoms with Crippen LogP contribution >= 0.6 is 11.3 Å². The molecule has 1 atom stereocenters. The number of piperidine rings is 1. The number of β-amino-alcohol motifs (C(OH)–C–C–N with tert-alkyl or cyclic N) is 1. The number of fused-ring (bicyclic) bond motifs is 1. The fraction of sp³-hybridized carbons (Fsp3) is 0.667. The zero-order chi connectivity index (χ0) is 20.5. The van der Waals surface area contributed by atoms with E-state index in [2.05, 4.69) is 15.2 Å². The van der Waals surface area contributed by atoms with Gasteiger partial charge < -0.3 is 20.1 Å². The van der Waals surface area contributed by atoms with E-state index >= 15 is 0 Å². The summed E-state index contributed by atoms with van der Waals surface area (Å²) in [6, 6.07) is 0.164. The van der Waals surface area contributed by atoms with E-state index < -0.39 is 6.10 Å². The van der Waals surface area contributed by atoms with E-state index in [0.717, 1.165) is 58.1 Å². The molecule has 29 heavy (non-hydrogen) atoms. The molecule has 1 aliphatic carbocycles. The van der Waals surface area contributed by atoms with Crippen LogP contribution in [0.4, 0.5) is 0 Å². The van der Waals surface area contributed by atoms with Gasteiger partial charge in [0.05, 0.1) is 23.3 Å². The van der Waals surface area contributed by atoms with E-state index in [9.17, 15) is 9.90 Å². The average Bonchev–Trinajstić information content (AvgIpc) is 3.47. The Kier molecular flexibility index (Phi) is 6.15. The van der Waals surface area contributed by atoms with Gasteiger partial charge in [0.25, 0.3) is 5.91 Å². The maximum Gasteiger partial charge on any atom is 0.261 e. The molecule has 4 rings (SSSR count). The Balaban J connectivity index is 1.39. The lowest BCUT2D eigenvalue weighted by atomic mass is 10.0. The number of aromatic nitrogens is 2. The van der Waals surface area contributed by atoms with E-state index in [4.69, 9.17) is 9.72 Å². The molecule has 0 radical (unpaired) electrons. The molecule has 1 unspecified atom stereocenters. The van der Waals surface area contributed by atoms with Crippen LogP contribution in [0.2, 0.25) is 0 Å². The number of amides is 1. The fourth-order valence-corrected chi connectivity index (χ4v) is 5.30. The molecule has 1 amide bonds. The van der Waals surface area contributed by atoms with Crippen molar-refractivity contribution in [1.29, 1.82) is 0 Å². The Morgan fingerprint density at radius 3 is 2.66 bits per heavy atom. The summed E-state index contributed by atoms with van der Waals surface area (Å²) in [6.07, 6.45) is 3.66. The Hall–Kier alpha value is -1.61. The number of aliphatic hydroxyl groups excluding tert-OH is 1. The van der Waals surface area contributed by atoms with Crippen LogP contribution in [0.25, 0.3) is 10.2 Å². The van der Waals surface area contributed by atoms with Gasteiger partial charge in [-0.25, -0.2) is 9.97 Å². The molecule has 158 valence electrons. The Morgan fingerprint density at radius 2 is 2.00 bits per heavy atom. The number of nitrogens with one attached hydrogen (secondary N) is 1. The zero-order valence-corrected chi connectivity index (χ0v) is 18.2. The lowest BCUT2D eigenvalue weighted by molar-refractivity contribution is 0.0309. The van der Waals surface area contributed by atoms with E-state index in [1.165, 1.54) is 24.2 Å². The maximum absolute atomic E-state index is 13.0. The minimum atomic E-state index is -0.461. The molecule has 2 aromatic heterocycles. The highest BCUT2D eigenvalue weighted by molar-refractivity contribution is 7.20. The molecule has 7 nitrogen and oxygen atoms in total. The van der Waals surface area contributed by atoms with Crippen LogP contribution in [0.5, 0.6) is 0 Å². The zero-order valence-electron chi connectivity index (χ0n) is 17.4. The second-order valence-corrected chi connectivity index (χ2v) is 9.33. The van der Waals surface area contributed by atoms with Crippen LogP contribution in [0.15, 0.2) is 0 Å². The number of ether oxygens (including phenoxy) is 1. The van der Waals surface area contributed by atoms with Crippen molar-refractivity contribution in [2.45, 2.75) is 57.6 Å². The molecular weight excluding hydrogens is 388 g/mol. The number of methoxy groups -OCH3 is 1. The summed E-state index contributed by atoms with van der Waals surface area (Å²) in [5.41, 5.74) is 1.97. The molecule has 2 aromatic rings. The topological polar surface area (TPSA) is 87.6 Å². The lowest BCUT2D eigenvalue weighted by Gasteiger charge is -2.33. The summed E-state index contributed by atoms with van der Waals surface area (Å²) in [5, 5.41) is 14.1. The standard InChI is InChI=1S/C21H30N4O3S/c1-12-17-13(2)22-19(14-4-5-14)24-21(17)29-18(12)20(27)23-15-6-8-25(9-7-15)10-16(26)11-28-3/h14-16,26H,4-11H2,1-3H3,(H,23,27). The summed E-state index contributed by atoms with van der Waals surface area (Å²) in [4.78, 5) is 26.3. The molecule has 0 aromatic carbocycles. The maximum atomic E-state index is 13.0. The third kappa shape index (κ3) is 4.60. The van der Waals surface area contributed by atoms with Crippen molar-refractivity contribution >= 4 is 27.5 Å². The molecular formula is C21H30N4O3S. The van der Waals surface area contributed by atoms with Crippen LogP contribution in [-0.4, -0.2) is 71.4 Å². The monoisotopic (exact) mass is 418 g/mol. The van der Waals surface area contributed by atoms with Gasteiger partial charge in [0.15, 0.2) is 0 Å². The first-order chi connectivity index (χ1) is 14.0. The van der Waals surface area contributed by atoms with Gasteiger partial charge in [-0.15, -0.1) is 11.3 Å². The molecule has 0 spiro atoms. The first-order valence-electron chi connectivity index (χ1n) is 10.4. The first-order valence-corrected chi connectivity index (χ1v) is 11.3. The van der Waals surface area contributed by atoms with Gasteiger partial charge in [-0.05, 0) is 45.1 Å². The van der Waals surface area contributed by atoms with Gasteiger partial charge >= 0.3 is 0 Å². The van der Waals surface area contributed by atoms with E-state index in [-0.39, 0.29) is 11.9 Å². The number of likely N-dealkylation sites (tertiary alicyclic amines) is 1. The predicted octanol–water partition coefficient (Wildman–Crippen LogP) is 2.39. The summed E-state index contributed by atoms with van der Waals surface area (Å²) >= 11 is 1.49. The third-order valence-corrected chi connectivity index (χ3v) is 7.07. The molecule has 1 saturated carbocycles. The normalized spacial score (nSPS) is 19.6. The minimum absolute atomic E-state index is 0.00394. The van der Waals surface area contributed by atoms with Crippen LogP contribution in [0.3, 0.4) is 0 Å². The molecule has 8 heteroatoms. The van der Waals surface area contributed by atoms with Crippen LogP contribution in [0.1, 0.15) is 58.4 Å². The van der Waals surface area contributed by atoms with Crippen molar-refractivity contribution < 1.29 is 14.6 Å². The molecule has 2 fully saturated rings. The molecule has 1 saturated heterocycles. The highest BCUT2D eigenvalue weighted by Crippen LogP contribution is 2.40. The van der Waals surface area contributed by atoms with Crippen molar-refractivity contribution in [2.24, 2.45) is 0 Å². The van der Waals surface area contributed by atoms with Gasteiger partial charge in [-0.2, -0.15) is 0 Å². The predicted molar refractivity (Wildman–Crippen MR) is 114 cm³/mol. The Labute approximate surface area is 175 Å². The molecule has 3 heterocycles. The number of aliphatic hydroxyl groups is 1. The Bertz CT molecular complexity index is 888. The van der Waals surface area contributed by atoms with Crippen LogP contribution < -0.4 is 5.32 Å². The van der Waals surface area contributed by atoms with Crippen molar-refractivity contribution in [1.82, 2.24) is 20.2 Å². The quantitative estimate of drug-likeness (QED) is 0.718. The van der Waals surface area contributed by atoms with Crippen molar-refractivity contribution in [2.75, 3.05) is 33.4 Å². The van der Waals surface area contributed by atoms with E-state index in [1.807, 2.05) is 13.8 Å². The number of aryl methyl sites for hydroxylation is 2. The largest absolute Gasteiger partial charge is 0.389 e. The fourth-order valence-electron chi connectivity index (χ4n) is 4.15. The second kappa shape index (κ2) is 8.63. The number of hydrogen-bond acceptors (Lipinski definition) is 7. The van der Waals surface area contributed by atoms with Gasteiger partial charge in [-0.3, -0.25) is 4.79 Å². The highest BCUT2D eigenvalue weighted by Gasteiger charge is 2.29. The van der Waals surface area contributed by atoms with Gasteiger partial charge in [0.2, 0.25) is 0 Å². The number of thiophene rings is 1. The highest BCUT2D eigenvalue weighted by atomic mass is 32.1. The molecule has 2 N–H and O–H groups in total. The number of hydrogen-bond donors (Lipinski definition) is 2. The van der Waals surface area contributed by atoms with E-state index in [0.29, 0.717) is 19.1 Å². The van der Waals surface area contributed by atoms with Gasteiger partial charge in [0, 0.05) is 44.1 Å². The second-order valence-electron chi connectivity index (χ2n) is 8.34. The number of carbonyl (C=O) groups is 1. The summed E-state index contributed by atoms with van der Waals surface area (Å²) in [5.74, 6) is 1.44. The smallest absolute Gasteiger partial charge is 0.261 e. The summed E-state index contributed by atoms with van der Waals surface area (Å²) in [7, 11) is 1.60. The number of carbonyl (C=O) groups excluding carboxylic acids is 1. The van der Waals surface area contributed by atoms with Gasteiger partial charge in [-0.1, -0.05) is 0 Å². The minimum Gasteiger partial charge on any atom is -0.389 e. The first kappa shape index (κ1) is 20.7. The number of rotatable bonds is 7. The van der Waals surface area contributed by atoms with Crippen molar-refractivity contribution in [3.63, 3.8) is 0 Å². The van der Waals surface area contributed by atoms with E-state index in [1.54, 1.807) is 7.11 Å². The van der Waals surface area contributed by atoms with Crippen LogP contribution in [-0.2, 0) is 4.74 Å². The molecule has 0 bridgehead atoms. The summed E-state index contributed by atoms with van der Waals surface area (Å²) < 4.78 is 4.99. The van der Waals surface area contributed by atoms with Crippen molar-refractivity contribution in [3.05, 3.63) is 22.0 Å². The third-order valence-electron chi connectivity index (χ3n) is 5.89. The average molecular weight is 419 g/mol. The summed E-state index contributed by atoms with van der Waals surface area (Å²) in [6.45, 7) is 6.72. The molecule has 1 aliphatic heterocycles. The Morgan fingerprint density at radius 1 is 1.28 bits per heavy atom. The van der Waals surface area contributed by atoms with Gasteiger partial charge in [0.1, 0.15) is 10.7 Å². The van der Waals surface area contributed by atoms with Crippen molar-refractivity contribution in [3.8, 4) is 0 Å². The number of nitrogens with zero attached hydrogens (tertiary/aromatic N) is 3.